The first-order valence-corrected chi connectivity index (χ1v) is 7.89. The molecule has 3 aromatic rings. The summed E-state index contributed by atoms with van der Waals surface area (Å²) >= 11 is 0. The van der Waals surface area contributed by atoms with Gasteiger partial charge in [-0.15, -0.1) is 10.2 Å². The molecule has 128 valence electrons. The number of aromatic nitrogens is 3. The van der Waals surface area contributed by atoms with Gasteiger partial charge in [-0.25, -0.2) is 9.47 Å². The molecule has 1 aromatic carbocycles. The molecule has 0 aliphatic heterocycles. The normalized spacial score (nSPS) is 11.2. The highest BCUT2D eigenvalue weighted by molar-refractivity contribution is 5.90. The van der Waals surface area contributed by atoms with Crippen LogP contribution < -0.4 is 0 Å². The molecule has 0 N–H and O–H groups in total. The third-order valence-corrected chi connectivity index (χ3v) is 3.56. The smallest absolute Gasteiger partial charge is 0.338 e. The highest BCUT2D eigenvalue weighted by Crippen LogP contribution is 2.22. The van der Waals surface area contributed by atoms with Crippen molar-refractivity contribution in [2.24, 2.45) is 5.10 Å². The van der Waals surface area contributed by atoms with Gasteiger partial charge >= 0.3 is 5.97 Å². The van der Waals surface area contributed by atoms with Crippen molar-refractivity contribution < 1.29 is 13.9 Å². The van der Waals surface area contributed by atoms with E-state index in [1.807, 2.05) is 38.1 Å². The van der Waals surface area contributed by atoms with E-state index in [-0.39, 0.29) is 5.97 Å². The number of hydrogen-bond acceptors (Lipinski definition) is 6. The Hall–Kier alpha value is -3.22. The summed E-state index contributed by atoms with van der Waals surface area (Å²) in [5, 5.41) is 12.2. The number of carbonyl (C=O) groups is 1. The number of carbonyl (C=O) groups excluding carboxylic acids is 1. The summed E-state index contributed by atoms with van der Waals surface area (Å²) in [7, 11) is 0. The van der Waals surface area contributed by atoms with Gasteiger partial charge in [0.2, 0.25) is 0 Å². The van der Waals surface area contributed by atoms with Crippen molar-refractivity contribution in [1.29, 1.82) is 0 Å². The van der Waals surface area contributed by atoms with Crippen molar-refractivity contribution in [3.8, 4) is 11.3 Å². The van der Waals surface area contributed by atoms with Crippen molar-refractivity contribution in [1.82, 2.24) is 14.9 Å². The fourth-order valence-corrected chi connectivity index (χ4v) is 2.31. The van der Waals surface area contributed by atoms with E-state index in [0.29, 0.717) is 35.3 Å². The van der Waals surface area contributed by atoms with Crippen molar-refractivity contribution in [2.75, 3.05) is 6.61 Å². The average molecular weight is 338 g/mol. The van der Waals surface area contributed by atoms with Crippen LogP contribution in [0.2, 0.25) is 0 Å². The van der Waals surface area contributed by atoms with E-state index < -0.39 is 0 Å². The van der Waals surface area contributed by atoms with Crippen LogP contribution in [0.1, 0.15) is 34.7 Å². The third kappa shape index (κ3) is 3.65. The highest BCUT2D eigenvalue weighted by atomic mass is 16.5. The van der Waals surface area contributed by atoms with E-state index >= 15 is 0 Å². The number of benzene rings is 1. The van der Waals surface area contributed by atoms with E-state index in [1.54, 1.807) is 29.9 Å². The molecule has 3 rings (SSSR count). The minimum absolute atomic E-state index is 0.332. The molecule has 2 heterocycles. The Balaban J connectivity index is 1.76. The predicted molar refractivity (Wildman–Crippen MR) is 92.6 cm³/mol. The van der Waals surface area contributed by atoms with Gasteiger partial charge in [0.05, 0.1) is 18.4 Å². The van der Waals surface area contributed by atoms with E-state index in [0.717, 1.165) is 5.56 Å². The van der Waals surface area contributed by atoms with Gasteiger partial charge in [-0.3, -0.25) is 0 Å². The lowest BCUT2D eigenvalue weighted by Gasteiger charge is -2.02. The molecular weight excluding hydrogens is 320 g/mol. The lowest BCUT2D eigenvalue weighted by molar-refractivity contribution is 0.0526. The molecule has 0 aliphatic rings. The first kappa shape index (κ1) is 16.6. The predicted octanol–water partition coefficient (Wildman–Crippen LogP) is 3.21. The molecule has 0 saturated heterocycles. The summed E-state index contributed by atoms with van der Waals surface area (Å²) in [6.45, 7) is 5.79. The summed E-state index contributed by atoms with van der Waals surface area (Å²) in [4.78, 5) is 11.7. The summed E-state index contributed by atoms with van der Waals surface area (Å²) in [6.07, 6.45) is 1.61. The van der Waals surface area contributed by atoms with Crippen LogP contribution >= 0.6 is 0 Å². The number of esters is 1. The molecule has 0 atom stereocenters. The Morgan fingerprint density at radius 2 is 1.84 bits per heavy atom. The Morgan fingerprint density at radius 3 is 2.48 bits per heavy atom. The maximum atomic E-state index is 11.7. The summed E-state index contributed by atoms with van der Waals surface area (Å²) in [5.41, 5.74) is 1.38. The van der Waals surface area contributed by atoms with Crippen LogP contribution in [0.5, 0.6) is 0 Å². The highest BCUT2D eigenvalue weighted by Gasteiger charge is 2.08. The first-order valence-electron chi connectivity index (χ1n) is 7.89. The van der Waals surface area contributed by atoms with E-state index in [4.69, 9.17) is 9.15 Å². The largest absolute Gasteiger partial charge is 0.462 e. The Morgan fingerprint density at radius 1 is 1.16 bits per heavy atom. The maximum absolute atomic E-state index is 11.7. The van der Waals surface area contributed by atoms with E-state index in [2.05, 4.69) is 15.3 Å². The summed E-state index contributed by atoms with van der Waals surface area (Å²) in [6, 6.07) is 10.8. The fourth-order valence-electron chi connectivity index (χ4n) is 2.31. The molecule has 7 nitrogen and oxygen atoms in total. The van der Waals surface area contributed by atoms with Crippen LogP contribution in [-0.4, -0.2) is 33.7 Å². The summed E-state index contributed by atoms with van der Waals surface area (Å²) in [5.74, 6) is 2.37. The van der Waals surface area contributed by atoms with Gasteiger partial charge in [0.1, 0.15) is 11.5 Å². The van der Waals surface area contributed by atoms with Crippen LogP contribution in [0.4, 0.5) is 0 Å². The Kier molecular flexibility index (Phi) is 4.74. The number of nitrogens with zero attached hydrogens (tertiary/aromatic N) is 4. The quantitative estimate of drug-likeness (QED) is 0.527. The Labute approximate surface area is 144 Å². The van der Waals surface area contributed by atoms with Crippen LogP contribution in [0.3, 0.4) is 0 Å². The van der Waals surface area contributed by atoms with Crippen LogP contribution in [0, 0.1) is 13.8 Å². The van der Waals surface area contributed by atoms with Gasteiger partial charge in [-0.2, -0.15) is 5.10 Å². The third-order valence-electron chi connectivity index (χ3n) is 3.56. The van der Waals surface area contributed by atoms with Gasteiger partial charge in [-0.05, 0) is 45.0 Å². The van der Waals surface area contributed by atoms with Crippen LogP contribution in [-0.2, 0) is 4.74 Å². The molecule has 0 bridgehead atoms. The van der Waals surface area contributed by atoms with Gasteiger partial charge in [0.25, 0.3) is 0 Å². The second-order valence-electron chi connectivity index (χ2n) is 5.35. The molecule has 2 aromatic heterocycles. The van der Waals surface area contributed by atoms with Crippen molar-refractivity contribution in [3.05, 3.63) is 59.4 Å². The molecule has 0 saturated carbocycles. The number of hydrogen-bond donors (Lipinski definition) is 0. The zero-order chi connectivity index (χ0) is 17.8. The van der Waals surface area contributed by atoms with Gasteiger partial charge in [0.15, 0.2) is 11.6 Å². The second-order valence-corrected chi connectivity index (χ2v) is 5.35. The molecule has 0 fully saturated rings. The lowest BCUT2D eigenvalue weighted by Crippen LogP contribution is -2.03. The molecule has 0 aliphatic carbocycles. The molecule has 0 spiro atoms. The molecule has 0 unspecified atom stereocenters. The van der Waals surface area contributed by atoms with Crippen LogP contribution in [0.25, 0.3) is 11.3 Å². The zero-order valence-electron chi connectivity index (χ0n) is 14.3. The van der Waals surface area contributed by atoms with Gasteiger partial charge < -0.3 is 9.15 Å². The molecule has 0 radical (unpaired) electrons. The van der Waals surface area contributed by atoms with E-state index in [1.165, 1.54) is 0 Å². The second kappa shape index (κ2) is 7.12. The average Bonchev–Trinajstić information content (AvgIpc) is 3.21. The summed E-state index contributed by atoms with van der Waals surface area (Å²) < 4.78 is 12.4. The first-order chi connectivity index (χ1) is 12.1. The number of furan rings is 1. The molecule has 0 amide bonds. The number of rotatable bonds is 5. The monoisotopic (exact) mass is 338 g/mol. The number of aryl methyl sites for hydroxylation is 2. The zero-order valence-corrected chi connectivity index (χ0v) is 14.3. The maximum Gasteiger partial charge on any atom is 0.338 e. The SMILES string of the molecule is CCOC(=O)c1ccc(-c2ccc(C=Nn3c(C)nnc3C)o2)cc1. The minimum atomic E-state index is -0.332. The number of ether oxygens (including phenoxy) is 1. The van der Waals surface area contributed by atoms with Gasteiger partial charge in [0, 0.05) is 5.56 Å². The van der Waals surface area contributed by atoms with Crippen molar-refractivity contribution >= 4 is 12.2 Å². The molecule has 7 heteroatoms. The van der Waals surface area contributed by atoms with E-state index in [9.17, 15) is 4.79 Å². The molecule has 25 heavy (non-hydrogen) atoms. The Bertz CT molecular complexity index is 887. The minimum Gasteiger partial charge on any atom is -0.462 e. The van der Waals surface area contributed by atoms with Crippen molar-refractivity contribution in [3.63, 3.8) is 0 Å². The van der Waals surface area contributed by atoms with Gasteiger partial charge in [-0.1, -0.05) is 12.1 Å². The van der Waals surface area contributed by atoms with Crippen LogP contribution in [0.15, 0.2) is 45.9 Å². The standard InChI is InChI=1S/C18H18N4O3/c1-4-24-18(23)15-7-5-14(6-8-15)17-10-9-16(25-17)11-19-22-12(2)20-21-13(22)3/h5-11H,4H2,1-3H3. The molecular formula is C18H18N4O3. The fraction of sp³-hybridized carbons (Fsp3) is 0.222. The lowest BCUT2D eigenvalue weighted by atomic mass is 10.1. The topological polar surface area (TPSA) is 82.5 Å². The van der Waals surface area contributed by atoms with Crippen molar-refractivity contribution in [2.45, 2.75) is 20.8 Å².